The van der Waals surface area contributed by atoms with Crippen molar-refractivity contribution in [3.8, 4) is 0 Å². The van der Waals surface area contributed by atoms with E-state index < -0.39 is 0 Å². The number of nitrogens with one attached hydrogen (secondary N) is 1. The zero-order chi connectivity index (χ0) is 14.1. The second-order valence-corrected chi connectivity index (χ2v) is 4.81. The van der Waals surface area contributed by atoms with Gasteiger partial charge in [-0.1, -0.05) is 12.1 Å². The molecule has 0 heterocycles. The smallest absolute Gasteiger partial charge is 0.307 e. The Morgan fingerprint density at radius 2 is 1.95 bits per heavy atom. The van der Waals surface area contributed by atoms with Gasteiger partial charge >= 0.3 is 5.97 Å². The molecule has 1 aromatic carbocycles. The molecule has 0 bridgehead atoms. The van der Waals surface area contributed by atoms with Crippen LogP contribution in [0.3, 0.4) is 0 Å². The molecule has 1 aromatic rings. The molecule has 0 saturated carbocycles. The van der Waals surface area contributed by atoms with Gasteiger partial charge in [0.25, 0.3) is 5.91 Å². The van der Waals surface area contributed by atoms with Crippen LogP contribution < -0.4 is 5.32 Å². The summed E-state index contributed by atoms with van der Waals surface area (Å²) in [6, 6.07) is 7.48. The maximum absolute atomic E-state index is 11.8. The van der Waals surface area contributed by atoms with E-state index in [1.54, 1.807) is 30.8 Å². The lowest BCUT2D eigenvalue weighted by molar-refractivity contribution is -0.142. The maximum Gasteiger partial charge on any atom is 0.307 e. The Kier molecular flexibility index (Phi) is 7.03. The maximum atomic E-state index is 11.8. The molecule has 0 saturated heterocycles. The normalized spacial score (nSPS) is 10.0. The Balaban J connectivity index is 2.38. The summed E-state index contributed by atoms with van der Waals surface area (Å²) in [4.78, 5) is 22.9. The molecule has 5 heteroatoms. The zero-order valence-corrected chi connectivity index (χ0v) is 12.1. The van der Waals surface area contributed by atoms with Crippen molar-refractivity contribution in [1.29, 1.82) is 0 Å². The molecular formula is C14H19NO3S. The lowest BCUT2D eigenvalue weighted by Crippen LogP contribution is -2.26. The van der Waals surface area contributed by atoms with Gasteiger partial charge in [-0.25, -0.2) is 0 Å². The van der Waals surface area contributed by atoms with Crippen LogP contribution in [0, 0.1) is 0 Å². The van der Waals surface area contributed by atoms with E-state index in [1.165, 1.54) is 5.56 Å². The lowest BCUT2D eigenvalue weighted by atomic mass is 10.1. The first-order valence-corrected chi connectivity index (χ1v) is 7.58. The van der Waals surface area contributed by atoms with Crippen molar-refractivity contribution >= 4 is 23.6 Å². The van der Waals surface area contributed by atoms with Crippen LogP contribution in [0.1, 0.15) is 29.3 Å². The van der Waals surface area contributed by atoms with Crippen LogP contribution >= 0.6 is 11.8 Å². The summed E-state index contributed by atoms with van der Waals surface area (Å²) in [5, 5.41) is 2.69. The van der Waals surface area contributed by atoms with E-state index in [0.29, 0.717) is 18.7 Å². The first-order valence-electron chi connectivity index (χ1n) is 6.19. The van der Waals surface area contributed by atoms with Crippen LogP contribution in [0.5, 0.6) is 0 Å². The Labute approximate surface area is 117 Å². The number of rotatable bonds is 7. The molecule has 0 aromatic heterocycles. The molecule has 0 aliphatic heterocycles. The molecule has 1 N–H and O–H groups in total. The first-order chi connectivity index (χ1) is 9.17. The number of carbonyl (C=O) groups excluding carboxylic acids is 2. The van der Waals surface area contributed by atoms with Crippen molar-refractivity contribution < 1.29 is 14.3 Å². The first kappa shape index (κ1) is 15.6. The number of ether oxygens (including phenoxy) is 1. The third kappa shape index (κ3) is 5.79. The highest BCUT2D eigenvalue weighted by Gasteiger charge is 2.06. The Hall–Kier alpha value is -1.49. The van der Waals surface area contributed by atoms with Crippen LogP contribution in [0.15, 0.2) is 24.3 Å². The van der Waals surface area contributed by atoms with E-state index in [9.17, 15) is 9.59 Å². The third-order valence-corrected chi connectivity index (χ3v) is 3.07. The van der Waals surface area contributed by atoms with Gasteiger partial charge in [0, 0.05) is 17.9 Å². The van der Waals surface area contributed by atoms with Crippen molar-refractivity contribution in [2.24, 2.45) is 0 Å². The van der Waals surface area contributed by atoms with Crippen molar-refractivity contribution in [1.82, 2.24) is 5.32 Å². The molecule has 0 aliphatic rings. The SMILES string of the molecule is CCOC(=O)CCNC(=O)c1ccc(CSC)cc1. The summed E-state index contributed by atoms with van der Waals surface area (Å²) < 4.78 is 4.78. The number of benzene rings is 1. The predicted molar refractivity (Wildman–Crippen MR) is 77.2 cm³/mol. The van der Waals surface area contributed by atoms with Crippen LogP contribution in [-0.4, -0.2) is 31.3 Å². The highest BCUT2D eigenvalue weighted by atomic mass is 32.2. The van der Waals surface area contributed by atoms with Crippen molar-refractivity contribution in [3.63, 3.8) is 0 Å². The molecule has 1 amide bonds. The van der Waals surface area contributed by atoms with Crippen molar-refractivity contribution in [2.45, 2.75) is 19.1 Å². The number of hydrogen-bond acceptors (Lipinski definition) is 4. The summed E-state index contributed by atoms with van der Waals surface area (Å²) >= 11 is 1.74. The molecule has 1 rings (SSSR count). The molecule has 0 atom stereocenters. The fourth-order valence-corrected chi connectivity index (χ4v) is 2.06. The van der Waals surface area contributed by atoms with Crippen LogP contribution in [0.4, 0.5) is 0 Å². The summed E-state index contributed by atoms with van der Waals surface area (Å²) in [7, 11) is 0. The van der Waals surface area contributed by atoms with E-state index in [1.807, 2.05) is 18.4 Å². The summed E-state index contributed by atoms with van der Waals surface area (Å²) in [5.74, 6) is 0.475. The van der Waals surface area contributed by atoms with E-state index in [2.05, 4.69) is 5.32 Å². The fourth-order valence-electron chi connectivity index (χ4n) is 1.53. The second kappa shape index (κ2) is 8.58. The molecule has 0 spiro atoms. The van der Waals surface area contributed by atoms with Crippen LogP contribution in [-0.2, 0) is 15.3 Å². The Morgan fingerprint density at radius 1 is 1.26 bits per heavy atom. The second-order valence-electron chi connectivity index (χ2n) is 3.94. The minimum Gasteiger partial charge on any atom is -0.466 e. The number of thioether (sulfide) groups is 1. The zero-order valence-electron chi connectivity index (χ0n) is 11.3. The third-order valence-electron chi connectivity index (χ3n) is 2.45. The Bertz CT molecular complexity index is 417. The van der Waals surface area contributed by atoms with Gasteiger partial charge in [0.1, 0.15) is 0 Å². The average Bonchev–Trinajstić information content (AvgIpc) is 2.40. The highest BCUT2D eigenvalue weighted by Crippen LogP contribution is 2.10. The Morgan fingerprint density at radius 3 is 2.53 bits per heavy atom. The van der Waals surface area contributed by atoms with E-state index in [4.69, 9.17) is 4.74 Å². The number of carbonyl (C=O) groups is 2. The molecule has 0 aliphatic carbocycles. The van der Waals surface area contributed by atoms with Gasteiger partial charge in [-0.15, -0.1) is 0 Å². The van der Waals surface area contributed by atoms with Crippen molar-refractivity contribution in [2.75, 3.05) is 19.4 Å². The van der Waals surface area contributed by atoms with E-state index in [-0.39, 0.29) is 18.3 Å². The lowest BCUT2D eigenvalue weighted by Gasteiger charge is -2.06. The summed E-state index contributed by atoms with van der Waals surface area (Å²) in [6.45, 7) is 2.42. The average molecular weight is 281 g/mol. The number of esters is 1. The molecule has 0 unspecified atom stereocenters. The van der Waals surface area contributed by atoms with E-state index in [0.717, 1.165) is 5.75 Å². The molecule has 19 heavy (non-hydrogen) atoms. The summed E-state index contributed by atoms with van der Waals surface area (Å²) in [5.41, 5.74) is 1.80. The van der Waals surface area contributed by atoms with E-state index >= 15 is 0 Å². The van der Waals surface area contributed by atoms with Gasteiger partial charge in [0.2, 0.25) is 0 Å². The fraction of sp³-hybridized carbons (Fsp3) is 0.429. The molecule has 0 fully saturated rings. The quantitative estimate of drug-likeness (QED) is 0.779. The van der Waals surface area contributed by atoms with Gasteiger partial charge < -0.3 is 10.1 Å². The standard InChI is InChI=1S/C14H19NO3S/c1-3-18-13(16)8-9-15-14(17)12-6-4-11(5-7-12)10-19-2/h4-7H,3,8-10H2,1-2H3,(H,15,17). The number of amides is 1. The minimum atomic E-state index is -0.293. The predicted octanol–water partition coefficient (Wildman–Crippen LogP) is 2.23. The van der Waals surface area contributed by atoms with Gasteiger partial charge in [0.05, 0.1) is 13.0 Å². The van der Waals surface area contributed by atoms with Crippen LogP contribution in [0.25, 0.3) is 0 Å². The molecule has 104 valence electrons. The van der Waals surface area contributed by atoms with Crippen LogP contribution in [0.2, 0.25) is 0 Å². The molecule has 0 radical (unpaired) electrons. The van der Waals surface area contributed by atoms with Gasteiger partial charge in [-0.2, -0.15) is 11.8 Å². The van der Waals surface area contributed by atoms with Crippen molar-refractivity contribution in [3.05, 3.63) is 35.4 Å². The minimum absolute atomic E-state index is 0.167. The monoisotopic (exact) mass is 281 g/mol. The van der Waals surface area contributed by atoms with Gasteiger partial charge in [0.15, 0.2) is 0 Å². The van der Waals surface area contributed by atoms with Gasteiger partial charge in [-0.3, -0.25) is 9.59 Å². The molecular weight excluding hydrogens is 262 g/mol. The summed E-state index contributed by atoms with van der Waals surface area (Å²) in [6.07, 6.45) is 2.24. The van der Waals surface area contributed by atoms with Gasteiger partial charge in [-0.05, 0) is 30.9 Å². The number of hydrogen-bond donors (Lipinski definition) is 1. The largest absolute Gasteiger partial charge is 0.466 e. The molecule has 4 nitrogen and oxygen atoms in total. The highest BCUT2D eigenvalue weighted by molar-refractivity contribution is 7.97. The topological polar surface area (TPSA) is 55.4 Å².